The van der Waals surface area contributed by atoms with Gasteiger partial charge in [-0.1, -0.05) is 17.7 Å². The molecule has 0 saturated carbocycles. The van der Waals surface area contributed by atoms with Crippen molar-refractivity contribution in [2.45, 2.75) is 57.4 Å². The van der Waals surface area contributed by atoms with E-state index in [1.54, 1.807) is 11.0 Å². The number of carbonyl (C=O) groups is 3. The van der Waals surface area contributed by atoms with Crippen molar-refractivity contribution in [3.8, 4) is 0 Å². The second-order valence-electron chi connectivity index (χ2n) is 10.5. The number of rotatable bonds is 8. The predicted octanol–water partition coefficient (Wildman–Crippen LogP) is 4.62. The van der Waals surface area contributed by atoms with Crippen molar-refractivity contribution in [1.29, 1.82) is 0 Å². The van der Waals surface area contributed by atoms with E-state index in [0.717, 1.165) is 6.07 Å². The first-order chi connectivity index (χ1) is 19.8. The molecule has 3 N–H and O–H groups in total. The first-order valence-corrected chi connectivity index (χ1v) is 13.9. The second kappa shape index (κ2) is 13.2. The van der Waals surface area contributed by atoms with E-state index < -0.39 is 47.7 Å². The maximum absolute atomic E-state index is 15.0. The van der Waals surface area contributed by atoms with Crippen molar-refractivity contribution in [1.82, 2.24) is 15.5 Å². The summed E-state index contributed by atoms with van der Waals surface area (Å²) in [4.78, 5) is 40.5. The average molecular weight is 616 g/mol. The molecule has 0 aromatic heterocycles. The van der Waals surface area contributed by atoms with Gasteiger partial charge in [0.15, 0.2) is 11.6 Å². The molecule has 2 saturated heterocycles. The summed E-state index contributed by atoms with van der Waals surface area (Å²) in [6.45, 7) is 2.43. The van der Waals surface area contributed by atoms with Gasteiger partial charge in [0, 0.05) is 55.8 Å². The summed E-state index contributed by atoms with van der Waals surface area (Å²) in [5.41, 5.74) is 0.0245. The van der Waals surface area contributed by atoms with Gasteiger partial charge in [-0.2, -0.15) is 13.2 Å². The van der Waals surface area contributed by atoms with Crippen molar-refractivity contribution in [3.63, 3.8) is 0 Å². The van der Waals surface area contributed by atoms with E-state index in [9.17, 15) is 31.9 Å². The average Bonchev–Trinajstić information content (AvgIpc) is 2.93. The molecule has 2 aliphatic heterocycles. The molecular weight excluding hydrogens is 585 g/mol. The smallest absolute Gasteiger partial charge is 0.365 e. The molecule has 4 rings (SSSR count). The lowest BCUT2D eigenvalue weighted by atomic mass is 10.0. The summed E-state index contributed by atoms with van der Waals surface area (Å²) in [6.07, 6.45) is -3.86. The molecular formula is C28H31ClF5N5O3. The summed E-state index contributed by atoms with van der Waals surface area (Å²) in [7, 11) is 0. The molecule has 2 aromatic rings. The van der Waals surface area contributed by atoms with Crippen LogP contribution in [-0.4, -0.2) is 67.1 Å². The van der Waals surface area contributed by atoms with Crippen LogP contribution in [0.3, 0.4) is 0 Å². The molecule has 0 spiro atoms. The van der Waals surface area contributed by atoms with E-state index in [1.807, 2.05) is 11.8 Å². The fourth-order valence-electron chi connectivity index (χ4n) is 5.13. The highest BCUT2D eigenvalue weighted by molar-refractivity contribution is 6.31. The monoisotopic (exact) mass is 615 g/mol. The van der Waals surface area contributed by atoms with Gasteiger partial charge in [0.05, 0.1) is 23.4 Å². The fraction of sp³-hybridized carbons (Fsp3) is 0.464. The Balaban J connectivity index is 1.43. The van der Waals surface area contributed by atoms with Crippen LogP contribution in [0.4, 0.5) is 33.3 Å². The van der Waals surface area contributed by atoms with Gasteiger partial charge in [0.1, 0.15) is 6.04 Å². The number of alkyl halides is 3. The standard InChI is InChI=1S/C28H31ClF5N5O3/c1-16-15-38(10-9-28(32,33)34)11-12-39(16)22-13-18(29)6-8-20(22)37-26(41)19-7-5-17(24(30)25(19)31)14-35-27(42)21-3-2-4-23(40)36-21/h5-8,13,16,21H,2-4,9-12,14-15H2,1H3,(H,35,42)(H,36,40)(H,37,41)/t16-,21+/m1/s1. The third-order valence-corrected chi connectivity index (χ3v) is 7.58. The zero-order valence-corrected chi connectivity index (χ0v) is 23.5. The molecule has 2 aliphatic rings. The van der Waals surface area contributed by atoms with Crippen LogP contribution in [0, 0.1) is 11.6 Å². The number of nitrogens with zero attached hydrogens (tertiary/aromatic N) is 2. The molecule has 0 aliphatic carbocycles. The highest BCUT2D eigenvalue weighted by atomic mass is 35.5. The molecule has 228 valence electrons. The van der Waals surface area contributed by atoms with E-state index in [4.69, 9.17) is 11.6 Å². The molecule has 0 unspecified atom stereocenters. The first kappa shape index (κ1) is 31.5. The number of halogens is 6. The van der Waals surface area contributed by atoms with Crippen LogP contribution < -0.4 is 20.9 Å². The Kier molecular flexibility index (Phi) is 9.93. The van der Waals surface area contributed by atoms with E-state index in [2.05, 4.69) is 16.0 Å². The third kappa shape index (κ3) is 7.88. The second-order valence-corrected chi connectivity index (χ2v) is 10.9. The number of anilines is 2. The molecule has 14 heteroatoms. The number of nitrogens with one attached hydrogen (secondary N) is 3. The van der Waals surface area contributed by atoms with Crippen LogP contribution >= 0.6 is 11.6 Å². The van der Waals surface area contributed by atoms with Gasteiger partial charge in [-0.25, -0.2) is 8.78 Å². The maximum Gasteiger partial charge on any atom is 0.390 e. The zero-order chi connectivity index (χ0) is 30.6. The summed E-state index contributed by atoms with van der Waals surface area (Å²) in [6, 6.07) is 5.95. The molecule has 2 fully saturated rings. The van der Waals surface area contributed by atoms with Gasteiger partial charge in [-0.15, -0.1) is 0 Å². The van der Waals surface area contributed by atoms with Crippen LogP contribution in [0.5, 0.6) is 0 Å². The number of piperidine rings is 1. The van der Waals surface area contributed by atoms with Gasteiger partial charge in [-0.05, 0) is 44.0 Å². The lowest BCUT2D eigenvalue weighted by Gasteiger charge is -2.42. The summed E-state index contributed by atoms with van der Waals surface area (Å²) < 4.78 is 67.9. The number of benzene rings is 2. The fourth-order valence-corrected chi connectivity index (χ4v) is 5.29. The van der Waals surface area contributed by atoms with E-state index in [1.165, 1.54) is 18.2 Å². The predicted molar refractivity (Wildman–Crippen MR) is 147 cm³/mol. The first-order valence-electron chi connectivity index (χ1n) is 13.5. The Labute approximate surface area is 244 Å². The largest absolute Gasteiger partial charge is 0.390 e. The Morgan fingerprint density at radius 3 is 2.57 bits per heavy atom. The molecule has 3 amide bonds. The van der Waals surface area contributed by atoms with Gasteiger partial charge in [0.25, 0.3) is 5.91 Å². The van der Waals surface area contributed by atoms with E-state index in [0.29, 0.717) is 49.6 Å². The van der Waals surface area contributed by atoms with E-state index >= 15 is 4.39 Å². The highest BCUT2D eigenvalue weighted by Gasteiger charge is 2.31. The van der Waals surface area contributed by atoms with E-state index in [-0.39, 0.29) is 36.3 Å². The highest BCUT2D eigenvalue weighted by Crippen LogP contribution is 2.33. The summed E-state index contributed by atoms with van der Waals surface area (Å²) in [5.74, 6) is -4.39. The van der Waals surface area contributed by atoms with Gasteiger partial charge >= 0.3 is 6.18 Å². The quantitative estimate of drug-likeness (QED) is 0.377. The molecule has 2 atom stereocenters. The SMILES string of the molecule is C[C@@H]1CN(CCC(F)(F)F)CCN1c1cc(Cl)ccc1NC(=O)c1ccc(CNC(=O)[C@@H]2CCCC(=O)N2)c(F)c1F. The van der Waals surface area contributed by atoms with Crippen LogP contribution in [0.1, 0.15) is 48.5 Å². The number of amides is 3. The molecule has 0 bridgehead atoms. The Bertz CT molecular complexity index is 1340. The molecule has 2 heterocycles. The van der Waals surface area contributed by atoms with Gasteiger partial charge in [0.2, 0.25) is 11.8 Å². The van der Waals surface area contributed by atoms with Crippen LogP contribution in [0.15, 0.2) is 30.3 Å². The Morgan fingerprint density at radius 1 is 1.12 bits per heavy atom. The minimum atomic E-state index is -4.25. The van der Waals surface area contributed by atoms with Crippen molar-refractivity contribution < 1.29 is 36.3 Å². The number of hydrogen-bond acceptors (Lipinski definition) is 5. The van der Waals surface area contributed by atoms with Gasteiger partial charge < -0.3 is 20.9 Å². The van der Waals surface area contributed by atoms with Crippen molar-refractivity contribution in [2.24, 2.45) is 0 Å². The van der Waals surface area contributed by atoms with Crippen molar-refractivity contribution in [2.75, 3.05) is 36.4 Å². The maximum atomic E-state index is 15.0. The minimum absolute atomic E-state index is 0.123. The zero-order valence-electron chi connectivity index (χ0n) is 22.8. The van der Waals surface area contributed by atoms with Crippen LogP contribution in [0.25, 0.3) is 0 Å². The van der Waals surface area contributed by atoms with Crippen molar-refractivity contribution >= 4 is 40.7 Å². The normalized spacial score (nSPS) is 19.8. The Morgan fingerprint density at radius 2 is 1.88 bits per heavy atom. The summed E-state index contributed by atoms with van der Waals surface area (Å²) >= 11 is 6.20. The van der Waals surface area contributed by atoms with Crippen LogP contribution in [0.2, 0.25) is 5.02 Å². The molecule has 0 radical (unpaired) electrons. The van der Waals surface area contributed by atoms with Gasteiger partial charge in [-0.3, -0.25) is 19.3 Å². The number of carbonyl (C=O) groups excluding carboxylic acids is 3. The third-order valence-electron chi connectivity index (χ3n) is 7.35. The van der Waals surface area contributed by atoms with Crippen LogP contribution in [-0.2, 0) is 16.1 Å². The Hall–Kier alpha value is -3.45. The topological polar surface area (TPSA) is 93.8 Å². The lowest BCUT2D eigenvalue weighted by Crippen LogP contribution is -2.52. The molecule has 8 nitrogen and oxygen atoms in total. The number of hydrogen-bond donors (Lipinski definition) is 3. The lowest BCUT2D eigenvalue weighted by molar-refractivity contribution is -0.138. The van der Waals surface area contributed by atoms with Crippen molar-refractivity contribution in [3.05, 3.63) is 58.1 Å². The summed E-state index contributed by atoms with van der Waals surface area (Å²) in [5, 5.41) is 7.97. The molecule has 2 aromatic carbocycles. The minimum Gasteiger partial charge on any atom is -0.365 e. The molecule has 42 heavy (non-hydrogen) atoms. The number of piperazine rings is 1.